The first kappa shape index (κ1) is 15.9. The predicted octanol–water partition coefficient (Wildman–Crippen LogP) is 2.28. The molecular formula is C14H22BrN3OS. The topological polar surface area (TPSA) is 49.6 Å². The molecule has 112 valence electrons. The highest BCUT2D eigenvalue weighted by molar-refractivity contribution is 9.11. The molecule has 1 fully saturated rings. The molecule has 1 aliphatic rings. The van der Waals surface area contributed by atoms with Gasteiger partial charge in [-0.3, -0.25) is 9.69 Å². The summed E-state index contributed by atoms with van der Waals surface area (Å²) in [5.41, 5.74) is 5.70. The van der Waals surface area contributed by atoms with Gasteiger partial charge in [0.1, 0.15) is 0 Å². The van der Waals surface area contributed by atoms with Crippen molar-refractivity contribution in [1.29, 1.82) is 0 Å². The molecule has 1 atom stereocenters. The summed E-state index contributed by atoms with van der Waals surface area (Å²) in [4.78, 5) is 17.8. The first-order valence-corrected chi connectivity index (χ1v) is 8.65. The maximum Gasteiger partial charge on any atom is 0.222 e. The van der Waals surface area contributed by atoms with Crippen LogP contribution >= 0.6 is 27.3 Å². The average molecular weight is 360 g/mol. The highest BCUT2D eigenvalue weighted by atomic mass is 79.9. The van der Waals surface area contributed by atoms with E-state index in [1.165, 1.54) is 8.66 Å². The van der Waals surface area contributed by atoms with Gasteiger partial charge in [-0.05, 0) is 41.4 Å². The zero-order valence-corrected chi connectivity index (χ0v) is 14.3. The van der Waals surface area contributed by atoms with Crippen molar-refractivity contribution in [3.8, 4) is 0 Å². The molecular weight excluding hydrogens is 338 g/mol. The molecule has 0 aliphatic carbocycles. The van der Waals surface area contributed by atoms with Gasteiger partial charge in [0, 0.05) is 50.1 Å². The van der Waals surface area contributed by atoms with Crippen LogP contribution in [0.4, 0.5) is 0 Å². The Labute approximate surface area is 133 Å². The van der Waals surface area contributed by atoms with Crippen LogP contribution < -0.4 is 5.73 Å². The van der Waals surface area contributed by atoms with Gasteiger partial charge in [-0.1, -0.05) is 0 Å². The Morgan fingerprint density at radius 2 is 2.10 bits per heavy atom. The molecule has 4 nitrogen and oxygen atoms in total. The number of piperazine rings is 1. The third kappa shape index (κ3) is 4.84. The van der Waals surface area contributed by atoms with Gasteiger partial charge in [0.2, 0.25) is 5.91 Å². The molecule has 0 aromatic carbocycles. The molecule has 0 saturated carbocycles. The Kier molecular flexibility index (Phi) is 6.01. The Balaban J connectivity index is 1.73. The fourth-order valence-corrected chi connectivity index (χ4v) is 3.85. The Hall–Kier alpha value is -0.430. The van der Waals surface area contributed by atoms with Crippen LogP contribution in [-0.4, -0.2) is 47.9 Å². The van der Waals surface area contributed by atoms with E-state index in [9.17, 15) is 4.79 Å². The summed E-state index contributed by atoms with van der Waals surface area (Å²) in [7, 11) is 0. The van der Waals surface area contributed by atoms with Crippen LogP contribution in [0.25, 0.3) is 0 Å². The van der Waals surface area contributed by atoms with Gasteiger partial charge in [0.25, 0.3) is 0 Å². The van der Waals surface area contributed by atoms with Crippen molar-refractivity contribution in [3.63, 3.8) is 0 Å². The molecule has 6 heteroatoms. The van der Waals surface area contributed by atoms with Gasteiger partial charge in [-0.2, -0.15) is 0 Å². The molecule has 2 N–H and O–H groups in total. The van der Waals surface area contributed by atoms with Crippen LogP contribution in [-0.2, 0) is 11.3 Å². The molecule has 1 unspecified atom stereocenters. The second-order valence-corrected chi connectivity index (χ2v) is 7.93. The molecule has 1 aromatic rings. The van der Waals surface area contributed by atoms with Gasteiger partial charge in [-0.25, -0.2) is 0 Å². The van der Waals surface area contributed by atoms with Crippen molar-refractivity contribution in [2.24, 2.45) is 5.73 Å². The van der Waals surface area contributed by atoms with Crippen LogP contribution in [0.1, 0.15) is 24.6 Å². The molecule has 0 bridgehead atoms. The second kappa shape index (κ2) is 7.54. The summed E-state index contributed by atoms with van der Waals surface area (Å²) >= 11 is 5.27. The van der Waals surface area contributed by atoms with Crippen molar-refractivity contribution >= 4 is 33.2 Å². The summed E-state index contributed by atoms with van der Waals surface area (Å²) in [5.74, 6) is 0.251. The standard InChI is InChI=1S/C14H22BrN3OS/c1-11(16)2-5-14(19)18-8-6-17(7-9-18)10-12-3-4-13(15)20-12/h3-4,11H,2,5-10,16H2,1H3. The largest absolute Gasteiger partial charge is 0.340 e. The number of rotatable bonds is 5. The molecule has 1 saturated heterocycles. The van der Waals surface area contributed by atoms with Gasteiger partial charge in [0.05, 0.1) is 3.79 Å². The minimum atomic E-state index is 0.109. The van der Waals surface area contributed by atoms with Crippen molar-refractivity contribution in [2.75, 3.05) is 26.2 Å². The third-order valence-electron chi connectivity index (χ3n) is 3.55. The number of nitrogens with zero attached hydrogens (tertiary/aromatic N) is 2. The number of amides is 1. The third-order valence-corrected chi connectivity index (χ3v) is 5.16. The summed E-state index contributed by atoms with van der Waals surface area (Å²) in [6.45, 7) is 6.52. The molecule has 1 aliphatic heterocycles. The van der Waals surface area contributed by atoms with Gasteiger partial charge in [0.15, 0.2) is 0 Å². The van der Waals surface area contributed by atoms with Gasteiger partial charge < -0.3 is 10.6 Å². The normalized spacial score (nSPS) is 18.2. The van der Waals surface area contributed by atoms with E-state index in [4.69, 9.17) is 5.73 Å². The van der Waals surface area contributed by atoms with E-state index in [2.05, 4.69) is 33.0 Å². The highest BCUT2D eigenvalue weighted by Crippen LogP contribution is 2.23. The van der Waals surface area contributed by atoms with Crippen LogP contribution in [0.3, 0.4) is 0 Å². The number of carbonyl (C=O) groups is 1. The summed E-state index contributed by atoms with van der Waals surface area (Å²) in [6.07, 6.45) is 1.36. The van der Waals surface area contributed by atoms with E-state index < -0.39 is 0 Å². The van der Waals surface area contributed by atoms with E-state index in [1.807, 2.05) is 11.8 Å². The van der Waals surface area contributed by atoms with E-state index in [0.717, 1.165) is 39.1 Å². The molecule has 2 heterocycles. The lowest BCUT2D eigenvalue weighted by molar-refractivity contribution is -0.133. The van der Waals surface area contributed by atoms with Crippen LogP contribution in [0.5, 0.6) is 0 Å². The molecule has 1 aromatic heterocycles. The SMILES string of the molecule is CC(N)CCC(=O)N1CCN(Cc2ccc(Br)s2)CC1. The molecule has 0 radical (unpaired) electrons. The summed E-state index contributed by atoms with van der Waals surface area (Å²) in [5, 5.41) is 0. The number of thiophene rings is 1. The van der Waals surface area contributed by atoms with Gasteiger partial charge in [-0.15, -0.1) is 11.3 Å². The minimum Gasteiger partial charge on any atom is -0.340 e. The monoisotopic (exact) mass is 359 g/mol. The second-order valence-electron chi connectivity index (χ2n) is 5.38. The predicted molar refractivity (Wildman–Crippen MR) is 86.8 cm³/mol. The zero-order chi connectivity index (χ0) is 14.5. The first-order chi connectivity index (χ1) is 9.54. The summed E-state index contributed by atoms with van der Waals surface area (Å²) in [6, 6.07) is 4.36. The fraction of sp³-hybridized carbons (Fsp3) is 0.643. The van der Waals surface area contributed by atoms with Crippen molar-refractivity contribution in [1.82, 2.24) is 9.80 Å². The van der Waals surface area contributed by atoms with E-state index in [1.54, 1.807) is 11.3 Å². The molecule has 20 heavy (non-hydrogen) atoms. The Morgan fingerprint density at radius 3 is 2.65 bits per heavy atom. The first-order valence-electron chi connectivity index (χ1n) is 7.04. The maximum atomic E-state index is 12.0. The number of halogens is 1. The maximum absolute atomic E-state index is 12.0. The van der Waals surface area contributed by atoms with Crippen molar-refractivity contribution in [3.05, 3.63) is 20.8 Å². The van der Waals surface area contributed by atoms with Crippen LogP contribution in [0.2, 0.25) is 0 Å². The van der Waals surface area contributed by atoms with Crippen molar-refractivity contribution in [2.45, 2.75) is 32.4 Å². The lowest BCUT2D eigenvalue weighted by Gasteiger charge is -2.34. The number of carbonyl (C=O) groups excluding carboxylic acids is 1. The Bertz CT molecular complexity index is 441. The lowest BCUT2D eigenvalue weighted by Crippen LogP contribution is -2.48. The molecule has 0 spiro atoms. The quantitative estimate of drug-likeness (QED) is 0.877. The molecule has 1 amide bonds. The number of hydrogen-bond donors (Lipinski definition) is 1. The Morgan fingerprint density at radius 1 is 1.40 bits per heavy atom. The van der Waals surface area contributed by atoms with E-state index >= 15 is 0 Å². The van der Waals surface area contributed by atoms with Crippen LogP contribution in [0, 0.1) is 0 Å². The zero-order valence-electron chi connectivity index (χ0n) is 11.8. The van der Waals surface area contributed by atoms with Crippen molar-refractivity contribution < 1.29 is 4.79 Å². The van der Waals surface area contributed by atoms with E-state index in [-0.39, 0.29) is 11.9 Å². The highest BCUT2D eigenvalue weighted by Gasteiger charge is 2.21. The van der Waals surface area contributed by atoms with Gasteiger partial charge >= 0.3 is 0 Å². The summed E-state index contributed by atoms with van der Waals surface area (Å²) < 4.78 is 1.18. The lowest BCUT2D eigenvalue weighted by atomic mass is 10.1. The van der Waals surface area contributed by atoms with E-state index in [0.29, 0.717) is 6.42 Å². The average Bonchev–Trinajstić information content (AvgIpc) is 2.82. The fourth-order valence-electron chi connectivity index (χ4n) is 2.32. The number of hydrogen-bond acceptors (Lipinski definition) is 4. The molecule has 2 rings (SSSR count). The van der Waals surface area contributed by atoms with Crippen LogP contribution in [0.15, 0.2) is 15.9 Å². The minimum absolute atomic E-state index is 0.109. The smallest absolute Gasteiger partial charge is 0.222 e. The number of nitrogens with two attached hydrogens (primary N) is 1.